The minimum atomic E-state index is -3.22. The van der Waals surface area contributed by atoms with Crippen LogP contribution in [0.1, 0.15) is 24.1 Å². The standard InChI is InChI=1S/C18H18ClNO3S/c1-13(15-7-9-17(10-8-15)24(2,22)23)20-18(21)11-6-14-4-3-5-16(19)12-14/h3-13H,1-2H3,(H,20,21)/b11-6+. The molecule has 1 unspecified atom stereocenters. The first kappa shape index (κ1) is 18.2. The molecule has 2 aromatic carbocycles. The Labute approximate surface area is 147 Å². The molecule has 24 heavy (non-hydrogen) atoms. The highest BCUT2D eigenvalue weighted by Crippen LogP contribution is 2.16. The van der Waals surface area contributed by atoms with Crippen molar-refractivity contribution in [2.75, 3.05) is 6.26 Å². The third-order valence-corrected chi connectivity index (χ3v) is 4.81. The first-order chi connectivity index (χ1) is 11.3. The molecule has 2 aromatic rings. The van der Waals surface area contributed by atoms with E-state index in [0.29, 0.717) is 5.02 Å². The normalized spacial score (nSPS) is 13.0. The van der Waals surface area contributed by atoms with Crippen molar-refractivity contribution < 1.29 is 13.2 Å². The summed E-state index contributed by atoms with van der Waals surface area (Å²) in [4.78, 5) is 12.2. The van der Waals surface area contributed by atoms with Gasteiger partial charge in [0.1, 0.15) is 0 Å². The van der Waals surface area contributed by atoms with Gasteiger partial charge >= 0.3 is 0 Å². The summed E-state index contributed by atoms with van der Waals surface area (Å²) in [6, 6.07) is 13.4. The van der Waals surface area contributed by atoms with Crippen molar-refractivity contribution in [1.82, 2.24) is 5.32 Å². The molecule has 0 radical (unpaired) electrons. The average molecular weight is 364 g/mol. The van der Waals surface area contributed by atoms with E-state index in [1.54, 1.807) is 30.3 Å². The first-order valence-corrected chi connectivity index (χ1v) is 9.57. The molecule has 0 aliphatic rings. The van der Waals surface area contributed by atoms with Crippen molar-refractivity contribution in [1.29, 1.82) is 0 Å². The Balaban J connectivity index is 2.01. The average Bonchev–Trinajstić information content (AvgIpc) is 2.52. The Morgan fingerprint density at radius 1 is 1.17 bits per heavy atom. The summed E-state index contributed by atoms with van der Waals surface area (Å²) in [7, 11) is -3.22. The molecule has 0 fully saturated rings. The number of halogens is 1. The zero-order valence-corrected chi connectivity index (χ0v) is 14.9. The SMILES string of the molecule is CC(NC(=O)/C=C/c1cccc(Cl)c1)c1ccc(S(C)(=O)=O)cc1. The van der Waals surface area contributed by atoms with Gasteiger partial charge in [-0.1, -0.05) is 35.9 Å². The molecule has 0 aliphatic carbocycles. The largest absolute Gasteiger partial charge is 0.346 e. The molecule has 0 saturated carbocycles. The van der Waals surface area contributed by atoms with Crippen LogP contribution in [0.4, 0.5) is 0 Å². The molecule has 1 amide bonds. The number of hydrogen-bond donors (Lipinski definition) is 1. The Morgan fingerprint density at radius 2 is 1.83 bits per heavy atom. The van der Waals surface area contributed by atoms with Gasteiger partial charge < -0.3 is 5.32 Å². The fourth-order valence-corrected chi connectivity index (χ4v) is 2.96. The second kappa shape index (κ2) is 7.64. The highest BCUT2D eigenvalue weighted by molar-refractivity contribution is 7.90. The predicted octanol–water partition coefficient (Wildman–Crippen LogP) is 3.63. The van der Waals surface area contributed by atoms with E-state index in [-0.39, 0.29) is 16.8 Å². The van der Waals surface area contributed by atoms with Gasteiger partial charge in [0, 0.05) is 17.4 Å². The van der Waals surface area contributed by atoms with Crippen molar-refractivity contribution in [3.63, 3.8) is 0 Å². The monoisotopic (exact) mass is 363 g/mol. The molecule has 1 atom stereocenters. The van der Waals surface area contributed by atoms with Gasteiger partial charge in [-0.05, 0) is 48.4 Å². The highest BCUT2D eigenvalue weighted by atomic mass is 35.5. The quantitative estimate of drug-likeness (QED) is 0.825. The molecule has 0 heterocycles. The Bertz CT molecular complexity index is 858. The molecule has 2 rings (SSSR count). The number of benzene rings is 2. The molecular formula is C18H18ClNO3S. The van der Waals surface area contributed by atoms with Gasteiger partial charge in [-0.25, -0.2) is 8.42 Å². The van der Waals surface area contributed by atoms with Crippen LogP contribution in [0.2, 0.25) is 5.02 Å². The van der Waals surface area contributed by atoms with Crippen molar-refractivity contribution >= 4 is 33.4 Å². The van der Waals surface area contributed by atoms with Gasteiger partial charge in [-0.2, -0.15) is 0 Å². The van der Waals surface area contributed by atoms with E-state index in [4.69, 9.17) is 11.6 Å². The third kappa shape index (κ3) is 5.22. The van der Waals surface area contributed by atoms with Crippen molar-refractivity contribution in [3.8, 4) is 0 Å². The number of sulfone groups is 1. The van der Waals surface area contributed by atoms with E-state index >= 15 is 0 Å². The van der Waals surface area contributed by atoms with Gasteiger partial charge in [0.15, 0.2) is 9.84 Å². The number of carbonyl (C=O) groups excluding carboxylic acids is 1. The predicted molar refractivity (Wildman–Crippen MR) is 96.6 cm³/mol. The van der Waals surface area contributed by atoms with E-state index in [9.17, 15) is 13.2 Å². The van der Waals surface area contributed by atoms with Crippen LogP contribution < -0.4 is 5.32 Å². The summed E-state index contributed by atoms with van der Waals surface area (Å²) in [6.07, 6.45) is 4.28. The summed E-state index contributed by atoms with van der Waals surface area (Å²) in [6.45, 7) is 1.83. The van der Waals surface area contributed by atoms with Crippen LogP contribution in [-0.4, -0.2) is 20.6 Å². The van der Waals surface area contributed by atoms with Crippen LogP contribution in [0.25, 0.3) is 6.08 Å². The topological polar surface area (TPSA) is 63.2 Å². The van der Waals surface area contributed by atoms with Crippen LogP contribution in [0.15, 0.2) is 59.5 Å². The van der Waals surface area contributed by atoms with Crippen LogP contribution in [0.5, 0.6) is 0 Å². The zero-order valence-electron chi connectivity index (χ0n) is 13.4. The van der Waals surface area contributed by atoms with E-state index < -0.39 is 9.84 Å². The van der Waals surface area contributed by atoms with Gasteiger partial charge in [0.05, 0.1) is 10.9 Å². The third-order valence-electron chi connectivity index (χ3n) is 3.44. The van der Waals surface area contributed by atoms with E-state index in [1.807, 2.05) is 19.1 Å². The molecule has 6 heteroatoms. The summed E-state index contributed by atoms with van der Waals surface area (Å²) in [5, 5.41) is 3.44. The van der Waals surface area contributed by atoms with E-state index in [2.05, 4.69) is 5.32 Å². The van der Waals surface area contributed by atoms with Gasteiger partial charge in [0.2, 0.25) is 5.91 Å². The number of amides is 1. The van der Waals surface area contributed by atoms with Gasteiger partial charge in [0.25, 0.3) is 0 Å². The number of carbonyl (C=O) groups is 1. The summed E-state index contributed by atoms with van der Waals surface area (Å²) >= 11 is 5.89. The number of rotatable bonds is 5. The lowest BCUT2D eigenvalue weighted by Gasteiger charge is -2.13. The Morgan fingerprint density at radius 3 is 2.42 bits per heavy atom. The lowest BCUT2D eigenvalue weighted by Crippen LogP contribution is -2.24. The van der Waals surface area contributed by atoms with E-state index in [1.165, 1.54) is 18.2 Å². The van der Waals surface area contributed by atoms with Crippen LogP contribution in [-0.2, 0) is 14.6 Å². The van der Waals surface area contributed by atoms with Crippen molar-refractivity contribution in [2.45, 2.75) is 17.9 Å². The first-order valence-electron chi connectivity index (χ1n) is 7.30. The van der Waals surface area contributed by atoms with Gasteiger partial charge in [-0.15, -0.1) is 0 Å². The number of hydrogen-bond acceptors (Lipinski definition) is 3. The molecule has 0 spiro atoms. The minimum Gasteiger partial charge on any atom is -0.346 e. The minimum absolute atomic E-state index is 0.241. The molecule has 0 aliphatic heterocycles. The van der Waals surface area contributed by atoms with Crippen molar-refractivity contribution in [2.24, 2.45) is 0 Å². The van der Waals surface area contributed by atoms with E-state index in [0.717, 1.165) is 17.4 Å². The molecular weight excluding hydrogens is 346 g/mol. The lowest BCUT2D eigenvalue weighted by molar-refractivity contribution is -0.117. The maximum absolute atomic E-state index is 12.0. The molecule has 0 bridgehead atoms. The zero-order chi connectivity index (χ0) is 17.7. The smallest absolute Gasteiger partial charge is 0.244 e. The number of nitrogens with one attached hydrogen (secondary N) is 1. The lowest BCUT2D eigenvalue weighted by atomic mass is 10.1. The summed E-state index contributed by atoms with van der Waals surface area (Å²) in [5.74, 6) is -0.241. The fraction of sp³-hybridized carbons (Fsp3) is 0.167. The summed E-state index contributed by atoms with van der Waals surface area (Å²) < 4.78 is 22.9. The van der Waals surface area contributed by atoms with Crippen LogP contribution in [0.3, 0.4) is 0 Å². The maximum Gasteiger partial charge on any atom is 0.244 e. The van der Waals surface area contributed by atoms with Gasteiger partial charge in [-0.3, -0.25) is 4.79 Å². The van der Waals surface area contributed by atoms with Crippen molar-refractivity contribution in [3.05, 3.63) is 70.8 Å². The molecule has 0 aromatic heterocycles. The maximum atomic E-state index is 12.0. The summed E-state index contributed by atoms with van der Waals surface area (Å²) in [5.41, 5.74) is 1.66. The highest BCUT2D eigenvalue weighted by Gasteiger charge is 2.10. The molecule has 1 N–H and O–H groups in total. The molecule has 0 saturated heterocycles. The molecule has 126 valence electrons. The second-order valence-corrected chi connectivity index (χ2v) is 7.91. The van der Waals surface area contributed by atoms with Crippen LogP contribution >= 0.6 is 11.6 Å². The Hall–Kier alpha value is -2.11. The fourth-order valence-electron chi connectivity index (χ4n) is 2.13. The second-order valence-electron chi connectivity index (χ2n) is 5.46. The molecule has 4 nitrogen and oxygen atoms in total. The van der Waals surface area contributed by atoms with Crippen LogP contribution in [0, 0.1) is 0 Å². The Kier molecular flexibility index (Phi) is 5.80.